The van der Waals surface area contributed by atoms with Gasteiger partial charge in [-0.05, 0) is 43.7 Å². The van der Waals surface area contributed by atoms with Gasteiger partial charge in [-0.2, -0.15) is 4.31 Å². The molecule has 8 nitrogen and oxygen atoms in total. The number of sulfonamides is 1. The highest BCUT2D eigenvalue weighted by atomic mass is 32.2. The average Bonchev–Trinajstić information content (AvgIpc) is 2.83. The van der Waals surface area contributed by atoms with Crippen LogP contribution >= 0.6 is 0 Å². The van der Waals surface area contributed by atoms with E-state index in [1.165, 1.54) is 42.8 Å². The van der Waals surface area contributed by atoms with E-state index in [4.69, 9.17) is 9.47 Å². The molecule has 2 aromatic rings. The lowest BCUT2D eigenvalue weighted by Crippen LogP contribution is -2.55. The Morgan fingerprint density at radius 1 is 0.970 bits per heavy atom. The Kier molecular flexibility index (Phi) is 7.93. The summed E-state index contributed by atoms with van der Waals surface area (Å²) in [6.07, 6.45) is 0. The molecule has 0 saturated carbocycles. The number of hydrogen-bond acceptors (Lipinski definition) is 6. The highest BCUT2D eigenvalue weighted by Crippen LogP contribution is 2.31. The molecular weight excluding hydrogens is 449 g/mol. The summed E-state index contributed by atoms with van der Waals surface area (Å²) in [6.45, 7) is 5.01. The van der Waals surface area contributed by atoms with Crippen molar-refractivity contribution >= 4 is 15.9 Å². The maximum absolute atomic E-state index is 13.1. The number of nitrogens with one attached hydrogen (secondary N) is 1. The van der Waals surface area contributed by atoms with Crippen LogP contribution in [0.2, 0.25) is 0 Å². The normalized spacial score (nSPS) is 17.2. The Labute approximate surface area is 194 Å². The van der Waals surface area contributed by atoms with Crippen molar-refractivity contribution in [3.05, 3.63) is 53.8 Å². The zero-order valence-corrected chi connectivity index (χ0v) is 20.1. The molecule has 2 unspecified atom stereocenters. The maximum atomic E-state index is 13.1. The molecule has 0 aromatic heterocycles. The van der Waals surface area contributed by atoms with Crippen LogP contribution in [0.15, 0.2) is 47.4 Å². The Morgan fingerprint density at radius 2 is 1.58 bits per heavy atom. The second-order valence-electron chi connectivity index (χ2n) is 7.91. The summed E-state index contributed by atoms with van der Waals surface area (Å²) in [4.78, 5) is 14.8. The van der Waals surface area contributed by atoms with E-state index in [1.807, 2.05) is 11.8 Å². The van der Waals surface area contributed by atoms with Crippen molar-refractivity contribution in [1.82, 2.24) is 14.5 Å². The van der Waals surface area contributed by atoms with E-state index < -0.39 is 16.1 Å². The summed E-state index contributed by atoms with van der Waals surface area (Å²) in [5.41, 5.74) is 0.808. The van der Waals surface area contributed by atoms with Crippen molar-refractivity contribution in [2.75, 3.05) is 40.4 Å². The highest BCUT2D eigenvalue weighted by molar-refractivity contribution is 7.89. The quantitative estimate of drug-likeness (QED) is 0.626. The summed E-state index contributed by atoms with van der Waals surface area (Å²) in [7, 11) is -0.764. The first-order valence-electron chi connectivity index (χ1n) is 10.7. The molecule has 1 N–H and O–H groups in total. The van der Waals surface area contributed by atoms with E-state index in [9.17, 15) is 17.6 Å². The van der Waals surface area contributed by atoms with Crippen molar-refractivity contribution < 1.29 is 27.1 Å². The standard InChI is InChI=1S/C23H30FN3O5S/c1-16(18-5-7-19(24)8-6-18)25-23(28)17(2)26-11-13-27(14-12-26)33(29,30)20-9-10-21(31-3)22(15-20)32-4/h5-10,15-17H,11-14H2,1-4H3,(H,25,28). The largest absolute Gasteiger partial charge is 0.493 e. The van der Waals surface area contributed by atoms with Gasteiger partial charge in [-0.1, -0.05) is 12.1 Å². The fourth-order valence-electron chi connectivity index (χ4n) is 3.79. The van der Waals surface area contributed by atoms with Crippen LogP contribution in [0.3, 0.4) is 0 Å². The minimum atomic E-state index is -3.71. The van der Waals surface area contributed by atoms with E-state index in [2.05, 4.69) is 5.32 Å². The van der Waals surface area contributed by atoms with E-state index in [0.717, 1.165) is 5.56 Å². The molecule has 2 atom stereocenters. The smallest absolute Gasteiger partial charge is 0.243 e. The molecule has 1 fully saturated rings. The van der Waals surface area contributed by atoms with Gasteiger partial charge in [-0.25, -0.2) is 12.8 Å². The topological polar surface area (TPSA) is 88.2 Å². The molecule has 0 radical (unpaired) electrons. The SMILES string of the molecule is COc1ccc(S(=O)(=O)N2CCN(C(C)C(=O)NC(C)c3ccc(F)cc3)CC2)cc1OC. The van der Waals surface area contributed by atoms with Crippen molar-refractivity contribution in [3.8, 4) is 11.5 Å². The van der Waals surface area contributed by atoms with Crippen LogP contribution in [-0.4, -0.2) is 70.0 Å². The molecule has 0 bridgehead atoms. The second kappa shape index (κ2) is 10.5. The lowest BCUT2D eigenvalue weighted by Gasteiger charge is -2.37. The van der Waals surface area contributed by atoms with Gasteiger partial charge in [0.1, 0.15) is 5.82 Å². The molecule has 1 heterocycles. The Bertz CT molecular complexity index is 1070. The minimum absolute atomic E-state index is 0.132. The van der Waals surface area contributed by atoms with E-state index in [-0.39, 0.29) is 35.8 Å². The minimum Gasteiger partial charge on any atom is -0.493 e. The number of carbonyl (C=O) groups is 1. The van der Waals surface area contributed by atoms with Gasteiger partial charge in [-0.15, -0.1) is 0 Å². The monoisotopic (exact) mass is 479 g/mol. The van der Waals surface area contributed by atoms with Gasteiger partial charge >= 0.3 is 0 Å². The number of ether oxygens (including phenoxy) is 2. The van der Waals surface area contributed by atoms with Crippen LogP contribution in [0.25, 0.3) is 0 Å². The number of nitrogens with zero attached hydrogens (tertiary/aromatic N) is 2. The third-order valence-corrected chi connectivity index (χ3v) is 7.82. The van der Waals surface area contributed by atoms with Crippen LogP contribution in [-0.2, 0) is 14.8 Å². The van der Waals surface area contributed by atoms with Crippen molar-refractivity contribution in [2.45, 2.75) is 30.8 Å². The third-order valence-electron chi connectivity index (χ3n) is 5.92. The zero-order chi connectivity index (χ0) is 24.2. The number of carbonyl (C=O) groups excluding carboxylic acids is 1. The predicted molar refractivity (Wildman–Crippen MR) is 122 cm³/mol. The molecule has 1 amide bonds. The fourth-order valence-corrected chi connectivity index (χ4v) is 5.23. The molecule has 1 aliphatic heterocycles. The number of halogens is 1. The molecule has 3 rings (SSSR count). The molecule has 10 heteroatoms. The van der Waals surface area contributed by atoms with Gasteiger partial charge in [0.15, 0.2) is 11.5 Å². The predicted octanol–water partition coefficient (Wildman–Crippen LogP) is 2.42. The number of amides is 1. The molecule has 33 heavy (non-hydrogen) atoms. The molecule has 180 valence electrons. The van der Waals surface area contributed by atoms with Gasteiger partial charge in [0.25, 0.3) is 0 Å². The van der Waals surface area contributed by atoms with Crippen LogP contribution in [0, 0.1) is 5.82 Å². The molecule has 1 saturated heterocycles. The lowest BCUT2D eigenvalue weighted by molar-refractivity contribution is -0.127. The van der Waals surface area contributed by atoms with Gasteiger partial charge < -0.3 is 14.8 Å². The Balaban J connectivity index is 1.60. The number of methoxy groups -OCH3 is 2. The van der Waals surface area contributed by atoms with Gasteiger partial charge in [0.2, 0.25) is 15.9 Å². The van der Waals surface area contributed by atoms with Gasteiger partial charge in [0.05, 0.1) is 31.2 Å². The van der Waals surface area contributed by atoms with Crippen molar-refractivity contribution in [1.29, 1.82) is 0 Å². The van der Waals surface area contributed by atoms with Crippen LogP contribution < -0.4 is 14.8 Å². The lowest BCUT2D eigenvalue weighted by atomic mass is 10.1. The molecule has 2 aromatic carbocycles. The summed E-state index contributed by atoms with van der Waals surface area (Å²) < 4.78 is 51.1. The van der Waals surface area contributed by atoms with E-state index >= 15 is 0 Å². The zero-order valence-electron chi connectivity index (χ0n) is 19.2. The van der Waals surface area contributed by atoms with Crippen LogP contribution in [0.1, 0.15) is 25.5 Å². The van der Waals surface area contributed by atoms with Gasteiger partial charge in [-0.3, -0.25) is 9.69 Å². The van der Waals surface area contributed by atoms with E-state index in [1.54, 1.807) is 25.1 Å². The fraction of sp³-hybridized carbons (Fsp3) is 0.435. The van der Waals surface area contributed by atoms with Gasteiger partial charge in [0, 0.05) is 32.2 Å². The molecule has 0 spiro atoms. The summed E-state index contributed by atoms with van der Waals surface area (Å²) in [6, 6.07) is 9.82. The first-order chi connectivity index (χ1) is 15.7. The Hall–Kier alpha value is -2.69. The average molecular weight is 480 g/mol. The van der Waals surface area contributed by atoms with Crippen molar-refractivity contribution in [2.24, 2.45) is 0 Å². The Morgan fingerprint density at radius 3 is 2.15 bits per heavy atom. The number of piperazine rings is 1. The maximum Gasteiger partial charge on any atom is 0.243 e. The second-order valence-corrected chi connectivity index (χ2v) is 9.85. The first kappa shape index (κ1) is 24.9. The first-order valence-corrected chi connectivity index (χ1v) is 12.1. The molecular formula is C23H30FN3O5S. The summed E-state index contributed by atoms with van der Waals surface area (Å²) in [5.74, 6) is 0.309. The molecule has 1 aliphatic rings. The van der Waals surface area contributed by atoms with Crippen molar-refractivity contribution in [3.63, 3.8) is 0 Å². The number of hydrogen-bond donors (Lipinski definition) is 1. The third kappa shape index (κ3) is 5.63. The number of rotatable bonds is 8. The highest BCUT2D eigenvalue weighted by Gasteiger charge is 2.32. The van der Waals surface area contributed by atoms with Crippen LogP contribution in [0.5, 0.6) is 11.5 Å². The summed E-state index contributed by atoms with van der Waals surface area (Å²) >= 11 is 0. The summed E-state index contributed by atoms with van der Waals surface area (Å²) in [5, 5.41) is 2.94. The number of benzene rings is 2. The van der Waals surface area contributed by atoms with Crippen LogP contribution in [0.4, 0.5) is 4.39 Å². The van der Waals surface area contributed by atoms with E-state index in [0.29, 0.717) is 24.6 Å². The molecule has 0 aliphatic carbocycles.